The maximum atomic E-state index is 12.5. The van der Waals surface area contributed by atoms with Crippen LogP contribution in [0.4, 0.5) is 5.69 Å². The summed E-state index contributed by atoms with van der Waals surface area (Å²) in [4.78, 5) is 19.1. The van der Waals surface area contributed by atoms with E-state index in [0.29, 0.717) is 5.56 Å². The van der Waals surface area contributed by atoms with Gasteiger partial charge in [-0.1, -0.05) is 36.0 Å². The number of rotatable bonds is 8. The molecule has 4 rings (SSSR count). The maximum Gasteiger partial charge on any atom is 0.255 e. The van der Waals surface area contributed by atoms with Crippen LogP contribution in [0.25, 0.3) is 0 Å². The fourth-order valence-electron chi connectivity index (χ4n) is 3.42. The van der Waals surface area contributed by atoms with Crippen LogP contribution in [0.5, 0.6) is 0 Å². The van der Waals surface area contributed by atoms with E-state index in [2.05, 4.69) is 37.5 Å². The average Bonchev–Trinajstić information content (AvgIpc) is 3.46. The molecule has 6 nitrogen and oxygen atoms in total. The zero-order chi connectivity index (χ0) is 19.9. The minimum Gasteiger partial charge on any atom is -0.322 e. The highest BCUT2D eigenvalue weighted by molar-refractivity contribution is 7.98. The first kappa shape index (κ1) is 19.7. The van der Waals surface area contributed by atoms with E-state index >= 15 is 0 Å². The van der Waals surface area contributed by atoms with Gasteiger partial charge in [-0.25, -0.2) is 4.98 Å². The lowest BCUT2D eigenvalue weighted by Gasteiger charge is -2.14. The highest BCUT2D eigenvalue weighted by Gasteiger charge is 2.11. The van der Waals surface area contributed by atoms with Crippen molar-refractivity contribution in [3.05, 3.63) is 71.5 Å². The van der Waals surface area contributed by atoms with Crippen molar-refractivity contribution in [2.75, 3.05) is 25.0 Å². The van der Waals surface area contributed by atoms with E-state index < -0.39 is 0 Å². The van der Waals surface area contributed by atoms with Crippen LogP contribution in [0, 0.1) is 0 Å². The van der Waals surface area contributed by atoms with Gasteiger partial charge in [-0.3, -0.25) is 9.89 Å². The van der Waals surface area contributed by atoms with Gasteiger partial charge in [0.2, 0.25) is 0 Å². The van der Waals surface area contributed by atoms with Crippen LogP contribution >= 0.6 is 11.8 Å². The molecular weight excluding hydrogens is 382 g/mol. The van der Waals surface area contributed by atoms with E-state index in [1.807, 2.05) is 36.4 Å². The van der Waals surface area contributed by atoms with Crippen LogP contribution in [0.3, 0.4) is 0 Å². The Kier molecular flexibility index (Phi) is 6.59. The van der Waals surface area contributed by atoms with Crippen molar-refractivity contribution >= 4 is 23.4 Å². The van der Waals surface area contributed by atoms with Gasteiger partial charge in [-0.15, -0.1) is 0 Å². The predicted molar refractivity (Wildman–Crippen MR) is 116 cm³/mol. The number of carbonyl (C=O) groups is 1. The Morgan fingerprint density at radius 2 is 1.76 bits per heavy atom. The van der Waals surface area contributed by atoms with E-state index in [1.54, 1.807) is 11.8 Å². The number of aromatic nitrogens is 3. The highest BCUT2D eigenvalue weighted by Crippen LogP contribution is 2.19. The van der Waals surface area contributed by atoms with Crippen molar-refractivity contribution in [1.82, 2.24) is 20.1 Å². The molecule has 1 aromatic heterocycles. The van der Waals surface area contributed by atoms with Crippen LogP contribution < -0.4 is 5.32 Å². The fourth-order valence-corrected chi connectivity index (χ4v) is 4.15. The van der Waals surface area contributed by atoms with Gasteiger partial charge >= 0.3 is 0 Å². The Morgan fingerprint density at radius 3 is 2.45 bits per heavy atom. The molecule has 0 unspecified atom stereocenters. The van der Waals surface area contributed by atoms with Crippen LogP contribution in [0.2, 0.25) is 0 Å². The number of hydrogen-bond acceptors (Lipinski definition) is 5. The zero-order valence-electron chi connectivity index (χ0n) is 16.3. The SMILES string of the molecule is O=C(Nc1ccc(CCN2CCCC2)cc1)c1ccc(CSc2ncn[nH]2)cc1. The van der Waals surface area contributed by atoms with Crippen LogP contribution in [-0.4, -0.2) is 45.6 Å². The van der Waals surface area contributed by atoms with Gasteiger partial charge in [0.15, 0.2) is 5.16 Å². The summed E-state index contributed by atoms with van der Waals surface area (Å²) >= 11 is 1.58. The summed E-state index contributed by atoms with van der Waals surface area (Å²) in [5, 5.41) is 10.4. The van der Waals surface area contributed by atoms with Gasteiger partial charge in [0.05, 0.1) is 0 Å². The second-order valence-corrected chi connectivity index (χ2v) is 8.19. The van der Waals surface area contributed by atoms with Gasteiger partial charge in [0.1, 0.15) is 6.33 Å². The lowest BCUT2D eigenvalue weighted by Crippen LogP contribution is -2.21. The van der Waals surface area contributed by atoms with Crippen molar-refractivity contribution < 1.29 is 4.79 Å². The van der Waals surface area contributed by atoms with E-state index in [1.165, 1.54) is 37.8 Å². The fraction of sp³-hybridized carbons (Fsp3) is 0.318. The number of nitrogens with one attached hydrogen (secondary N) is 2. The zero-order valence-corrected chi connectivity index (χ0v) is 17.1. The summed E-state index contributed by atoms with van der Waals surface area (Å²) in [6, 6.07) is 15.8. The third-order valence-electron chi connectivity index (χ3n) is 5.11. The van der Waals surface area contributed by atoms with Gasteiger partial charge in [-0.2, -0.15) is 5.10 Å². The molecule has 1 saturated heterocycles. The molecule has 2 aromatic carbocycles. The first-order valence-corrected chi connectivity index (χ1v) is 10.9. The second-order valence-electron chi connectivity index (χ2n) is 7.23. The summed E-state index contributed by atoms with van der Waals surface area (Å²) in [5.41, 5.74) is 3.91. The molecule has 0 radical (unpaired) electrons. The molecule has 0 saturated carbocycles. The number of anilines is 1. The molecule has 1 fully saturated rings. The standard InChI is InChI=1S/C22H25N5OS/c28-21(19-7-3-18(4-8-19)15-29-22-23-16-24-26-22)25-20-9-5-17(6-10-20)11-14-27-12-1-2-13-27/h3-10,16H,1-2,11-15H2,(H,25,28)(H,23,24,26). The molecule has 29 heavy (non-hydrogen) atoms. The van der Waals surface area contributed by atoms with Crippen LogP contribution in [-0.2, 0) is 12.2 Å². The van der Waals surface area contributed by atoms with Crippen LogP contribution in [0.15, 0.2) is 60.0 Å². The summed E-state index contributed by atoms with van der Waals surface area (Å²) in [6.07, 6.45) is 5.20. The number of amides is 1. The van der Waals surface area contributed by atoms with Crippen molar-refractivity contribution in [2.45, 2.75) is 30.2 Å². The van der Waals surface area contributed by atoms with Crippen molar-refractivity contribution in [2.24, 2.45) is 0 Å². The third kappa shape index (κ3) is 5.68. The Morgan fingerprint density at radius 1 is 1.03 bits per heavy atom. The molecule has 2 N–H and O–H groups in total. The smallest absolute Gasteiger partial charge is 0.255 e. The monoisotopic (exact) mass is 407 g/mol. The molecule has 0 spiro atoms. The number of nitrogens with zero attached hydrogens (tertiary/aromatic N) is 3. The van der Waals surface area contributed by atoms with E-state index in [0.717, 1.165) is 35.1 Å². The lowest BCUT2D eigenvalue weighted by atomic mass is 10.1. The number of thioether (sulfide) groups is 1. The predicted octanol–water partition coefficient (Wildman–Crippen LogP) is 3.99. The Bertz CT molecular complexity index is 903. The number of H-pyrrole nitrogens is 1. The Labute approximate surface area is 175 Å². The van der Waals surface area contributed by atoms with E-state index in [-0.39, 0.29) is 5.91 Å². The summed E-state index contributed by atoms with van der Waals surface area (Å²) in [6.45, 7) is 3.57. The number of hydrogen-bond donors (Lipinski definition) is 2. The van der Waals surface area contributed by atoms with Crippen molar-refractivity contribution in [3.8, 4) is 0 Å². The number of benzene rings is 2. The van der Waals surface area contributed by atoms with Crippen LogP contribution in [0.1, 0.15) is 34.3 Å². The molecule has 2 heterocycles. The molecule has 0 bridgehead atoms. The highest BCUT2D eigenvalue weighted by atomic mass is 32.2. The lowest BCUT2D eigenvalue weighted by molar-refractivity contribution is 0.102. The molecule has 0 atom stereocenters. The topological polar surface area (TPSA) is 73.9 Å². The number of aromatic amines is 1. The molecule has 1 amide bonds. The maximum absolute atomic E-state index is 12.5. The largest absolute Gasteiger partial charge is 0.322 e. The van der Waals surface area contributed by atoms with E-state index in [4.69, 9.17) is 0 Å². The number of carbonyl (C=O) groups excluding carboxylic acids is 1. The second kappa shape index (κ2) is 9.71. The van der Waals surface area contributed by atoms with Gasteiger partial charge in [0, 0.05) is 23.5 Å². The van der Waals surface area contributed by atoms with Gasteiger partial charge in [0.25, 0.3) is 5.91 Å². The molecule has 7 heteroatoms. The quantitative estimate of drug-likeness (QED) is 0.553. The molecule has 150 valence electrons. The average molecular weight is 408 g/mol. The van der Waals surface area contributed by atoms with Gasteiger partial charge < -0.3 is 10.2 Å². The minimum absolute atomic E-state index is 0.0933. The normalized spacial score (nSPS) is 14.2. The van der Waals surface area contributed by atoms with Crippen molar-refractivity contribution in [1.29, 1.82) is 0 Å². The molecule has 0 aliphatic carbocycles. The molecule has 1 aliphatic heterocycles. The summed E-state index contributed by atoms with van der Waals surface area (Å²) in [5.74, 6) is 0.681. The molecule has 1 aliphatic rings. The molecule has 3 aromatic rings. The first-order valence-electron chi connectivity index (χ1n) is 9.96. The summed E-state index contributed by atoms with van der Waals surface area (Å²) < 4.78 is 0. The minimum atomic E-state index is -0.0933. The third-order valence-corrected chi connectivity index (χ3v) is 6.06. The first-order chi connectivity index (χ1) is 14.3. The van der Waals surface area contributed by atoms with E-state index in [9.17, 15) is 4.79 Å². The Balaban J connectivity index is 1.26. The molecular formula is C22H25N5OS. The Hall–Kier alpha value is -2.64. The van der Waals surface area contributed by atoms with Crippen molar-refractivity contribution in [3.63, 3.8) is 0 Å². The number of likely N-dealkylation sites (tertiary alicyclic amines) is 1. The summed E-state index contributed by atoms with van der Waals surface area (Å²) in [7, 11) is 0. The van der Waals surface area contributed by atoms with Gasteiger partial charge in [-0.05, 0) is 67.7 Å².